The molecule has 0 radical (unpaired) electrons. The molecule has 3 rings (SSSR count). The van der Waals surface area contributed by atoms with Gasteiger partial charge in [0.05, 0.1) is 14.5 Å². The van der Waals surface area contributed by atoms with E-state index in [9.17, 15) is 14.7 Å². The zero-order valence-corrected chi connectivity index (χ0v) is 18.1. The monoisotopic (exact) mass is 507 g/mol. The normalized spacial score (nSPS) is 11.3. The lowest BCUT2D eigenvalue weighted by Crippen LogP contribution is -2.08. The predicted molar refractivity (Wildman–Crippen MR) is 112 cm³/mol. The molecule has 9 heteroatoms. The van der Waals surface area contributed by atoms with Crippen LogP contribution in [-0.2, 0) is 4.79 Å². The Hall–Kier alpha value is -2.52. The van der Waals surface area contributed by atoms with E-state index in [4.69, 9.17) is 4.74 Å². The van der Waals surface area contributed by atoms with Crippen molar-refractivity contribution in [1.82, 2.24) is 4.57 Å². The standard InChI is InChI=1S/C19H15Br2N3O4/c1-10-7-13(20)18(14(21)8-10)28-9-16(26)22-23-17-12-5-3-4-6-15(12)24(11(2)25)19(17)27/h3-8,27H,9H2,1-2H3. The summed E-state index contributed by atoms with van der Waals surface area (Å²) in [5.74, 6) is -0.905. The van der Waals surface area contributed by atoms with Gasteiger partial charge >= 0.3 is 5.91 Å². The molecule has 0 saturated carbocycles. The third-order valence-corrected chi connectivity index (χ3v) is 5.06. The average molecular weight is 509 g/mol. The molecule has 1 N–H and O–H groups in total. The number of ether oxygens (including phenoxy) is 1. The zero-order valence-electron chi connectivity index (χ0n) is 14.9. The summed E-state index contributed by atoms with van der Waals surface area (Å²) in [7, 11) is 0. The Bertz CT molecular complexity index is 1100. The second-order valence-corrected chi connectivity index (χ2v) is 7.69. The zero-order chi connectivity index (χ0) is 20.4. The Labute approximate surface area is 177 Å². The first-order valence-electron chi connectivity index (χ1n) is 8.16. The number of carbonyl (C=O) groups is 2. The van der Waals surface area contributed by atoms with E-state index < -0.39 is 5.91 Å². The van der Waals surface area contributed by atoms with Crippen LogP contribution in [0.4, 0.5) is 5.69 Å². The Kier molecular flexibility index (Phi) is 5.95. The van der Waals surface area contributed by atoms with E-state index in [1.807, 2.05) is 19.1 Å². The van der Waals surface area contributed by atoms with Crippen molar-refractivity contribution in [2.45, 2.75) is 13.8 Å². The van der Waals surface area contributed by atoms with Gasteiger partial charge in [-0.05, 0) is 62.5 Å². The van der Waals surface area contributed by atoms with Gasteiger partial charge in [0, 0.05) is 12.3 Å². The van der Waals surface area contributed by atoms with E-state index in [1.165, 1.54) is 6.92 Å². The molecule has 0 aliphatic carbocycles. The fourth-order valence-corrected chi connectivity index (χ4v) is 4.36. The Balaban J connectivity index is 1.82. The number of aromatic hydroxyl groups is 1. The van der Waals surface area contributed by atoms with Crippen molar-refractivity contribution in [3.8, 4) is 11.6 Å². The molecule has 0 fully saturated rings. The number of hydrogen-bond acceptors (Lipinski definition) is 5. The minimum absolute atomic E-state index is 0.0526. The number of azo groups is 1. The van der Waals surface area contributed by atoms with Gasteiger partial charge in [-0.25, -0.2) is 4.57 Å². The number of benzene rings is 2. The summed E-state index contributed by atoms with van der Waals surface area (Å²) in [5, 5.41) is 18.3. The maximum atomic E-state index is 12.1. The fraction of sp³-hybridized carbons (Fsp3) is 0.158. The van der Waals surface area contributed by atoms with Crippen molar-refractivity contribution < 1.29 is 19.4 Å². The lowest BCUT2D eigenvalue weighted by molar-refractivity contribution is -0.120. The number of carbonyl (C=O) groups excluding carboxylic acids is 2. The average Bonchev–Trinajstić information content (AvgIpc) is 2.90. The predicted octanol–water partition coefficient (Wildman–Crippen LogP) is 5.53. The van der Waals surface area contributed by atoms with Crippen molar-refractivity contribution in [1.29, 1.82) is 0 Å². The maximum absolute atomic E-state index is 12.1. The smallest absolute Gasteiger partial charge is 0.302 e. The minimum Gasteiger partial charge on any atom is -0.493 e. The number of aryl methyl sites for hydroxylation is 1. The molecule has 0 atom stereocenters. The number of rotatable bonds is 4. The molecule has 0 spiro atoms. The topological polar surface area (TPSA) is 93.3 Å². The molecule has 144 valence electrons. The van der Waals surface area contributed by atoms with Crippen molar-refractivity contribution in [2.75, 3.05) is 6.61 Å². The van der Waals surface area contributed by atoms with Crippen LogP contribution in [0.1, 0.15) is 17.3 Å². The molecule has 1 aromatic heterocycles. The first-order chi connectivity index (χ1) is 13.3. The summed E-state index contributed by atoms with van der Waals surface area (Å²) >= 11 is 6.78. The number of amides is 1. The summed E-state index contributed by atoms with van der Waals surface area (Å²) in [5.41, 5.74) is 1.56. The van der Waals surface area contributed by atoms with E-state index in [0.29, 0.717) is 25.6 Å². The molecule has 2 aromatic carbocycles. The Morgan fingerprint density at radius 3 is 2.46 bits per heavy atom. The molecule has 1 amide bonds. The highest BCUT2D eigenvalue weighted by molar-refractivity contribution is 9.11. The lowest BCUT2D eigenvalue weighted by Gasteiger charge is -2.09. The minimum atomic E-state index is -0.640. The Morgan fingerprint density at radius 2 is 1.82 bits per heavy atom. The van der Waals surface area contributed by atoms with E-state index in [2.05, 4.69) is 42.1 Å². The van der Waals surface area contributed by atoms with Gasteiger partial charge in [-0.2, -0.15) is 0 Å². The quantitative estimate of drug-likeness (QED) is 0.469. The first-order valence-corrected chi connectivity index (χ1v) is 9.74. The Morgan fingerprint density at radius 1 is 1.18 bits per heavy atom. The highest BCUT2D eigenvalue weighted by Crippen LogP contribution is 2.38. The first kappa shape index (κ1) is 20.2. The number of hydrogen-bond donors (Lipinski definition) is 1. The van der Waals surface area contributed by atoms with Crippen LogP contribution in [0.25, 0.3) is 10.9 Å². The van der Waals surface area contributed by atoms with E-state index in [1.54, 1.807) is 24.3 Å². The third-order valence-electron chi connectivity index (χ3n) is 3.88. The van der Waals surface area contributed by atoms with Crippen molar-refractivity contribution in [3.05, 3.63) is 50.9 Å². The van der Waals surface area contributed by atoms with Gasteiger partial charge in [0.25, 0.3) is 0 Å². The molecule has 0 saturated heterocycles. The summed E-state index contributed by atoms with van der Waals surface area (Å²) in [6, 6.07) is 10.6. The molecule has 7 nitrogen and oxygen atoms in total. The summed E-state index contributed by atoms with van der Waals surface area (Å²) in [4.78, 5) is 23.9. The van der Waals surface area contributed by atoms with Crippen LogP contribution >= 0.6 is 31.9 Å². The van der Waals surface area contributed by atoms with Crippen LogP contribution in [0, 0.1) is 6.92 Å². The van der Waals surface area contributed by atoms with Gasteiger partial charge in [0.2, 0.25) is 11.8 Å². The third kappa shape index (κ3) is 4.00. The van der Waals surface area contributed by atoms with Crippen LogP contribution in [0.2, 0.25) is 0 Å². The lowest BCUT2D eigenvalue weighted by atomic mass is 10.2. The molecule has 0 bridgehead atoms. The van der Waals surface area contributed by atoms with Gasteiger partial charge < -0.3 is 9.84 Å². The number of nitrogens with zero attached hydrogens (tertiary/aromatic N) is 3. The van der Waals surface area contributed by atoms with E-state index >= 15 is 0 Å². The van der Waals surface area contributed by atoms with Crippen molar-refractivity contribution in [3.63, 3.8) is 0 Å². The van der Waals surface area contributed by atoms with Gasteiger partial charge in [0.1, 0.15) is 5.75 Å². The molecular formula is C19H15Br2N3O4. The molecule has 0 aliphatic rings. The van der Waals surface area contributed by atoms with Crippen LogP contribution in [0.5, 0.6) is 11.6 Å². The molecule has 28 heavy (non-hydrogen) atoms. The fourth-order valence-electron chi connectivity index (χ4n) is 2.72. The number of aromatic nitrogens is 1. The second-order valence-electron chi connectivity index (χ2n) is 5.98. The molecule has 1 heterocycles. The second kappa shape index (κ2) is 8.24. The number of halogens is 2. The summed E-state index contributed by atoms with van der Waals surface area (Å²) < 4.78 is 8.03. The highest BCUT2D eigenvalue weighted by atomic mass is 79.9. The van der Waals surface area contributed by atoms with Crippen molar-refractivity contribution >= 4 is 60.3 Å². The van der Waals surface area contributed by atoms with Crippen molar-refractivity contribution in [2.24, 2.45) is 10.2 Å². The van der Waals surface area contributed by atoms with Gasteiger partial charge in [0.15, 0.2) is 12.3 Å². The molecular weight excluding hydrogens is 494 g/mol. The molecule has 0 unspecified atom stereocenters. The van der Waals surface area contributed by atoms with Crippen LogP contribution in [-0.4, -0.2) is 28.1 Å². The number of fused-ring (bicyclic) bond motifs is 1. The van der Waals surface area contributed by atoms with E-state index in [-0.39, 0.29) is 24.1 Å². The van der Waals surface area contributed by atoms with Gasteiger partial charge in [-0.3, -0.25) is 9.59 Å². The summed E-state index contributed by atoms with van der Waals surface area (Å²) in [6.45, 7) is 2.92. The molecule has 3 aromatic rings. The maximum Gasteiger partial charge on any atom is 0.302 e. The molecule has 0 aliphatic heterocycles. The van der Waals surface area contributed by atoms with Gasteiger partial charge in [-0.1, -0.05) is 18.2 Å². The van der Waals surface area contributed by atoms with Crippen LogP contribution < -0.4 is 4.74 Å². The number of para-hydroxylation sites is 1. The summed E-state index contributed by atoms with van der Waals surface area (Å²) in [6.07, 6.45) is 0. The highest BCUT2D eigenvalue weighted by Gasteiger charge is 2.19. The SMILES string of the molecule is CC(=O)n1c(O)c(N=NC(=O)COc2c(Br)cc(C)cc2Br)c2ccccc21. The van der Waals surface area contributed by atoms with E-state index in [0.717, 1.165) is 10.1 Å². The van der Waals surface area contributed by atoms with Gasteiger partial charge in [-0.15, -0.1) is 10.2 Å². The van der Waals surface area contributed by atoms with Crippen LogP contribution in [0.15, 0.2) is 55.6 Å². The largest absolute Gasteiger partial charge is 0.493 e. The van der Waals surface area contributed by atoms with Crippen LogP contribution in [0.3, 0.4) is 0 Å².